The molecule has 0 spiro atoms. The molecular weight excluding hydrogens is 248 g/mol. The van der Waals surface area contributed by atoms with E-state index in [9.17, 15) is 0 Å². The Morgan fingerprint density at radius 2 is 2.25 bits per heavy atom. The number of fused-ring (bicyclic) bond motifs is 2. The monoisotopic (exact) mass is 274 g/mol. The van der Waals surface area contributed by atoms with Gasteiger partial charge in [-0.3, -0.25) is 4.98 Å². The van der Waals surface area contributed by atoms with Crippen molar-refractivity contribution in [3.63, 3.8) is 0 Å². The average molecular weight is 274 g/mol. The minimum atomic E-state index is 0.423. The Morgan fingerprint density at radius 1 is 1.35 bits per heavy atom. The summed E-state index contributed by atoms with van der Waals surface area (Å²) in [5, 5.41) is 3.64. The highest BCUT2D eigenvalue weighted by atomic mass is 16.5. The number of hydrogen-bond acceptors (Lipinski definition) is 3. The number of rotatable bonds is 6. The molecule has 0 aliphatic heterocycles. The largest absolute Gasteiger partial charge is 0.495 e. The molecule has 2 aliphatic carbocycles. The van der Waals surface area contributed by atoms with Crippen molar-refractivity contribution < 1.29 is 4.74 Å². The number of hydrogen-bond donors (Lipinski definition) is 1. The van der Waals surface area contributed by atoms with Crippen molar-refractivity contribution in [1.29, 1.82) is 0 Å². The zero-order valence-corrected chi connectivity index (χ0v) is 12.6. The summed E-state index contributed by atoms with van der Waals surface area (Å²) in [6, 6.07) is 2.56. The summed E-state index contributed by atoms with van der Waals surface area (Å²) < 4.78 is 5.31. The summed E-state index contributed by atoms with van der Waals surface area (Å²) in [6.45, 7) is 3.18. The molecule has 4 unspecified atom stereocenters. The lowest BCUT2D eigenvalue weighted by molar-refractivity contribution is 0.280. The first-order valence-electron chi connectivity index (χ1n) is 8.02. The molecule has 0 radical (unpaired) electrons. The van der Waals surface area contributed by atoms with Gasteiger partial charge in [0.05, 0.1) is 13.3 Å². The number of pyridine rings is 1. The highest BCUT2D eigenvalue weighted by molar-refractivity contribution is 5.26. The van der Waals surface area contributed by atoms with Gasteiger partial charge in [-0.15, -0.1) is 0 Å². The number of ether oxygens (including phenoxy) is 1. The van der Waals surface area contributed by atoms with Crippen molar-refractivity contribution in [1.82, 2.24) is 10.3 Å². The molecule has 1 N–H and O–H groups in total. The van der Waals surface area contributed by atoms with E-state index in [1.807, 2.05) is 6.20 Å². The van der Waals surface area contributed by atoms with Crippen molar-refractivity contribution in [2.45, 2.75) is 45.1 Å². The van der Waals surface area contributed by atoms with E-state index < -0.39 is 0 Å². The van der Waals surface area contributed by atoms with Crippen molar-refractivity contribution in [2.75, 3.05) is 13.7 Å². The molecule has 0 aromatic carbocycles. The SMILES string of the molecule is CCNC(CC1CC2CCC1C2)c1cncc(OC)c1. The summed E-state index contributed by atoms with van der Waals surface area (Å²) in [7, 11) is 1.71. The highest BCUT2D eigenvalue weighted by Crippen LogP contribution is 2.50. The van der Waals surface area contributed by atoms with Crippen LogP contribution < -0.4 is 10.1 Å². The Kier molecular flexibility index (Phi) is 4.25. The molecular formula is C17H26N2O. The van der Waals surface area contributed by atoms with Gasteiger partial charge in [-0.05, 0) is 61.6 Å². The van der Waals surface area contributed by atoms with E-state index >= 15 is 0 Å². The van der Waals surface area contributed by atoms with Gasteiger partial charge in [0, 0.05) is 12.2 Å². The maximum Gasteiger partial charge on any atom is 0.137 e. The van der Waals surface area contributed by atoms with Crippen molar-refractivity contribution in [3.8, 4) is 5.75 Å². The van der Waals surface area contributed by atoms with Crippen LogP contribution in [0.4, 0.5) is 0 Å². The van der Waals surface area contributed by atoms with E-state index in [2.05, 4.69) is 23.3 Å². The van der Waals surface area contributed by atoms with E-state index in [-0.39, 0.29) is 0 Å². The molecule has 0 saturated heterocycles. The fraction of sp³-hybridized carbons (Fsp3) is 0.706. The molecule has 110 valence electrons. The number of nitrogens with one attached hydrogen (secondary N) is 1. The topological polar surface area (TPSA) is 34.2 Å². The Balaban J connectivity index is 1.71. The molecule has 3 rings (SSSR count). The first-order valence-corrected chi connectivity index (χ1v) is 8.02. The molecule has 20 heavy (non-hydrogen) atoms. The van der Waals surface area contributed by atoms with Crippen LogP contribution in [0.5, 0.6) is 5.75 Å². The lowest BCUT2D eigenvalue weighted by Crippen LogP contribution is -2.25. The summed E-state index contributed by atoms with van der Waals surface area (Å²) >= 11 is 0. The number of methoxy groups -OCH3 is 1. The molecule has 2 aliphatic rings. The van der Waals surface area contributed by atoms with Gasteiger partial charge in [-0.1, -0.05) is 13.3 Å². The Morgan fingerprint density at radius 3 is 2.90 bits per heavy atom. The second kappa shape index (κ2) is 6.13. The van der Waals surface area contributed by atoms with Gasteiger partial charge in [0.2, 0.25) is 0 Å². The van der Waals surface area contributed by atoms with E-state index in [1.165, 1.54) is 37.7 Å². The first-order chi connectivity index (χ1) is 9.80. The maximum atomic E-state index is 5.31. The first kappa shape index (κ1) is 13.9. The molecule has 2 saturated carbocycles. The smallest absolute Gasteiger partial charge is 0.137 e. The predicted molar refractivity (Wildman–Crippen MR) is 80.8 cm³/mol. The minimum Gasteiger partial charge on any atom is -0.495 e. The predicted octanol–water partition coefficient (Wildman–Crippen LogP) is 3.57. The second-order valence-electron chi connectivity index (χ2n) is 6.44. The molecule has 1 aromatic rings. The van der Waals surface area contributed by atoms with Crippen LogP contribution in [0.1, 0.15) is 50.6 Å². The molecule has 2 bridgehead atoms. The summed E-state index contributed by atoms with van der Waals surface area (Å²) in [5.74, 6) is 3.78. The standard InChI is InChI=1S/C17H26N2O/c1-3-19-17(15-8-16(20-2)11-18-10-15)9-14-7-12-4-5-13(14)6-12/h8,10-14,17,19H,3-7,9H2,1-2H3. The van der Waals surface area contributed by atoms with Gasteiger partial charge in [0.15, 0.2) is 0 Å². The summed E-state index contributed by atoms with van der Waals surface area (Å²) in [6.07, 6.45) is 10.9. The lowest BCUT2D eigenvalue weighted by Gasteiger charge is -2.27. The normalized spacial score (nSPS) is 29.6. The zero-order chi connectivity index (χ0) is 13.9. The van der Waals surface area contributed by atoms with Crippen LogP contribution in [-0.2, 0) is 0 Å². The van der Waals surface area contributed by atoms with E-state index in [4.69, 9.17) is 4.74 Å². The Hall–Kier alpha value is -1.09. The van der Waals surface area contributed by atoms with Crippen molar-refractivity contribution in [2.24, 2.45) is 17.8 Å². The van der Waals surface area contributed by atoms with Crippen LogP contribution in [0.3, 0.4) is 0 Å². The van der Waals surface area contributed by atoms with Crippen LogP contribution in [0.2, 0.25) is 0 Å². The average Bonchev–Trinajstić information content (AvgIpc) is 3.09. The number of nitrogens with zero attached hydrogens (tertiary/aromatic N) is 1. The van der Waals surface area contributed by atoms with Gasteiger partial charge < -0.3 is 10.1 Å². The molecule has 3 heteroatoms. The number of aromatic nitrogens is 1. The second-order valence-corrected chi connectivity index (χ2v) is 6.44. The van der Waals surface area contributed by atoms with Crippen LogP contribution >= 0.6 is 0 Å². The molecule has 3 nitrogen and oxygen atoms in total. The Bertz CT molecular complexity index is 448. The van der Waals surface area contributed by atoms with Gasteiger partial charge in [-0.2, -0.15) is 0 Å². The summed E-state index contributed by atoms with van der Waals surface area (Å²) in [4.78, 5) is 4.32. The minimum absolute atomic E-state index is 0.423. The van der Waals surface area contributed by atoms with E-state index in [0.29, 0.717) is 6.04 Å². The van der Waals surface area contributed by atoms with E-state index in [0.717, 1.165) is 30.0 Å². The Labute approximate surface area is 122 Å². The summed E-state index contributed by atoms with van der Waals surface area (Å²) in [5.41, 5.74) is 1.27. The molecule has 2 fully saturated rings. The lowest BCUT2D eigenvalue weighted by atomic mass is 9.83. The third-order valence-corrected chi connectivity index (χ3v) is 5.25. The fourth-order valence-electron chi connectivity index (χ4n) is 4.29. The highest BCUT2D eigenvalue weighted by Gasteiger charge is 2.40. The van der Waals surface area contributed by atoms with Crippen molar-refractivity contribution in [3.05, 3.63) is 24.0 Å². The maximum absolute atomic E-state index is 5.31. The molecule has 1 aromatic heterocycles. The van der Waals surface area contributed by atoms with Crippen molar-refractivity contribution >= 4 is 0 Å². The zero-order valence-electron chi connectivity index (χ0n) is 12.6. The van der Waals surface area contributed by atoms with Gasteiger partial charge in [-0.25, -0.2) is 0 Å². The van der Waals surface area contributed by atoms with Crippen LogP contribution in [0, 0.1) is 17.8 Å². The third-order valence-electron chi connectivity index (χ3n) is 5.25. The van der Waals surface area contributed by atoms with E-state index in [1.54, 1.807) is 13.3 Å². The van der Waals surface area contributed by atoms with Crippen LogP contribution in [0.15, 0.2) is 18.5 Å². The fourth-order valence-corrected chi connectivity index (χ4v) is 4.29. The molecule has 1 heterocycles. The van der Waals surface area contributed by atoms with Gasteiger partial charge >= 0.3 is 0 Å². The van der Waals surface area contributed by atoms with Gasteiger partial charge in [0.25, 0.3) is 0 Å². The van der Waals surface area contributed by atoms with Crippen LogP contribution in [0.25, 0.3) is 0 Å². The van der Waals surface area contributed by atoms with Gasteiger partial charge in [0.1, 0.15) is 5.75 Å². The van der Waals surface area contributed by atoms with Crippen LogP contribution in [-0.4, -0.2) is 18.6 Å². The molecule has 4 atom stereocenters. The third kappa shape index (κ3) is 2.83. The molecule has 0 amide bonds. The quantitative estimate of drug-likeness (QED) is 0.861.